The van der Waals surface area contributed by atoms with Crippen LogP contribution in [0.1, 0.15) is 37.7 Å². The zero-order valence-corrected chi connectivity index (χ0v) is 15.6. The van der Waals surface area contributed by atoms with E-state index in [1.807, 2.05) is 30.3 Å². The Morgan fingerprint density at radius 3 is 2.59 bits per heavy atom. The molecule has 4 rings (SSSR count). The van der Waals surface area contributed by atoms with Gasteiger partial charge in [-0.05, 0) is 24.5 Å². The molecule has 1 heterocycles. The number of aromatic nitrogens is 1. The van der Waals surface area contributed by atoms with Gasteiger partial charge in [-0.2, -0.15) is 0 Å². The largest absolute Gasteiger partial charge is 0.283 e. The highest BCUT2D eigenvalue weighted by Crippen LogP contribution is 2.34. The smallest absolute Gasteiger partial charge is 0.232 e. The van der Waals surface area contributed by atoms with Gasteiger partial charge in [0.05, 0.1) is 11.2 Å². The van der Waals surface area contributed by atoms with Crippen LogP contribution < -0.4 is 4.90 Å². The lowest BCUT2D eigenvalue weighted by atomic mass is 9.88. The quantitative estimate of drug-likeness (QED) is 0.577. The number of benzene rings is 2. The molecule has 0 aliphatic heterocycles. The summed E-state index contributed by atoms with van der Waals surface area (Å²) in [6.45, 7) is 0.375. The van der Waals surface area contributed by atoms with Gasteiger partial charge in [0, 0.05) is 12.0 Å². The molecule has 140 valence electrons. The summed E-state index contributed by atoms with van der Waals surface area (Å²) in [6.07, 6.45) is 5.01. The van der Waals surface area contributed by atoms with Gasteiger partial charge in [-0.25, -0.2) is 13.8 Å². The summed E-state index contributed by atoms with van der Waals surface area (Å²) in [7, 11) is 0. The van der Waals surface area contributed by atoms with Crippen molar-refractivity contribution in [3.63, 3.8) is 0 Å². The third kappa shape index (κ3) is 3.86. The molecule has 1 aliphatic rings. The number of fused-ring (bicyclic) bond motifs is 1. The maximum absolute atomic E-state index is 14.1. The van der Waals surface area contributed by atoms with Gasteiger partial charge in [0.25, 0.3) is 0 Å². The predicted molar refractivity (Wildman–Crippen MR) is 104 cm³/mol. The Labute approximate surface area is 160 Å². The van der Waals surface area contributed by atoms with Crippen LogP contribution in [0, 0.1) is 17.6 Å². The van der Waals surface area contributed by atoms with E-state index in [1.165, 1.54) is 6.07 Å². The fourth-order valence-electron chi connectivity index (χ4n) is 3.64. The number of thiazole rings is 1. The molecule has 3 aromatic rings. The van der Waals surface area contributed by atoms with Crippen LogP contribution in [-0.2, 0) is 11.3 Å². The molecule has 27 heavy (non-hydrogen) atoms. The van der Waals surface area contributed by atoms with E-state index in [0.717, 1.165) is 55.1 Å². The third-order valence-electron chi connectivity index (χ3n) is 5.04. The average molecular weight is 386 g/mol. The molecule has 6 heteroatoms. The van der Waals surface area contributed by atoms with E-state index >= 15 is 0 Å². The molecule has 0 radical (unpaired) electrons. The minimum atomic E-state index is -0.697. The number of carbonyl (C=O) groups excluding carboxylic acids is 1. The van der Waals surface area contributed by atoms with Gasteiger partial charge >= 0.3 is 0 Å². The van der Waals surface area contributed by atoms with Crippen molar-refractivity contribution in [2.75, 3.05) is 4.90 Å². The van der Waals surface area contributed by atoms with Crippen molar-refractivity contribution in [3.05, 3.63) is 59.7 Å². The van der Waals surface area contributed by atoms with Crippen molar-refractivity contribution in [1.29, 1.82) is 0 Å². The number of nitrogens with zero attached hydrogens (tertiary/aromatic N) is 2. The van der Waals surface area contributed by atoms with Gasteiger partial charge in [-0.15, -0.1) is 0 Å². The van der Waals surface area contributed by atoms with Crippen LogP contribution in [0.25, 0.3) is 10.2 Å². The Bertz CT molecular complexity index is 951. The number of amides is 1. The lowest BCUT2D eigenvalue weighted by Crippen LogP contribution is -2.36. The number of rotatable bonds is 4. The fraction of sp³-hybridized carbons (Fsp3) is 0.333. The van der Waals surface area contributed by atoms with E-state index in [4.69, 9.17) is 0 Å². The number of carbonyl (C=O) groups is 1. The molecule has 1 aliphatic carbocycles. The second-order valence-corrected chi connectivity index (χ2v) is 7.98. The van der Waals surface area contributed by atoms with E-state index in [0.29, 0.717) is 16.4 Å². The second-order valence-electron chi connectivity index (χ2n) is 6.98. The first kappa shape index (κ1) is 18.0. The highest BCUT2D eigenvalue weighted by Gasteiger charge is 2.29. The molecule has 1 saturated carbocycles. The monoisotopic (exact) mass is 386 g/mol. The van der Waals surface area contributed by atoms with E-state index in [9.17, 15) is 13.6 Å². The minimum absolute atomic E-state index is 0.0264. The maximum atomic E-state index is 14.1. The molecule has 0 N–H and O–H groups in total. The lowest BCUT2D eigenvalue weighted by molar-refractivity contribution is -0.123. The Morgan fingerprint density at radius 1 is 1.11 bits per heavy atom. The van der Waals surface area contributed by atoms with Gasteiger partial charge in [-0.1, -0.05) is 60.9 Å². The van der Waals surface area contributed by atoms with E-state index in [1.54, 1.807) is 4.90 Å². The zero-order chi connectivity index (χ0) is 18.8. The Kier molecular flexibility index (Phi) is 5.16. The van der Waals surface area contributed by atoms with Gasteiger partial charge in [-0.3, -0.25) is 9.69 Å². The average Bonchev–Trinajstić information content (AvgIpc) is 3.11. The highest BCUT2D eigenvalue weighted by atomic mass is 32.1. The van der Waals surface area contributed by atoms with Crippen LogP contribution in [0.5, 0.6) is 0 Å². The fourth-order valence-corrected chi connectivity index (χ4v) is 4.65. The summed E-state index contributed by atoms with van der Waals surface area (Å²) in [5, 5.41) is 0.425. The SMILES string of the molecule is O=C(C1CCCCC1)N(Cc1ccccc1)c1nc2c(F)cc(F)cc2s1. The van der Waals surface area contributed by atoms with E-state index < -0.39 is 11.6 Å². The summed E-state index contributed by atoms with van der Waals surface area (Å²) in [4.78, 5) is 19.3. The summed E-state index contributed by atoms with van der Waals surface area (Å²) < 4.78 is 28.1. The van der Waals surface area contributed by atoms with Crippen LogP contribution in [0.3, 0.4) is 0 Å². The van der Waals surface area contributed by atoms with Gasteiger partial charge < -0.3 is 0 Å². The van der Waals surface area contributed by atoms with Crippen LogP contribution in [-0.4, -0.2) is 10.9 Å². The molecule has 0 spiro atoms. The summed E-state index contributed by atoms with van der Waals surface area (Å²) >= 11 is 1.16. The number of halogens is 2. The molecule has 0 bridgehead atoms. The molecular formula is C21H20F2N2OS. The predicted octanol–water partition coefficient (Wildman–Crippen LogP) is 5.69. The van der Waals surface area contributed by atoms with Crippen molar-refractivity contribution in [1.82, 2.24) is 4.98 Å². The van der Waals surface area contributed by atoms with E-state index in [2.05, 4.69) is 4.98 Å². The van der Waals surface area contributed by atoms with E-state index in [-0.39, 0.29) is 17.3 Å². The molecule has 0 saturated heterocycles. The minimum Gasteiger partial charge on any atom is -0.283 e. The first-order valence-corrected chi connectivity index (χ1v) is 10.0. The van der Waals surface area contributed by atoms with Gasteiger partial charge in [0.1, 0.15) is 11.3 Å². The van der Waals surface area contributed by atoms with Crippen molar-refractivity contribution in [2.45, 2.75) is 38.6 Å². The Hall–Kier alpha value is -2.34. The van der Waals surface area contributed by atoms with Crippen molar-refractivity contribution in [2.24, 2.45) is 5.92 Å². The van der Waals surface area contributed by atoms with Gasteiger partial charge in [0.15, 0.2) is 10.9 Å². The number of hydrogen-bond acceptors (Lipinski definition) is 3. The maximum Gasteiger partial charge on any atom is 0.232 e. The summed E-state index contributed by atoms with van der Waals surface area (Å²) in [5.74, 6) is -1.34. The van der Waals surface area contributed by atoms with Crippen molar-refractivity contribution < 1.29 is 13.6 Å². The standard InChI is InChI=1S/C21H20F2N2OS/c22-16-11-17(23)19-18(12-16)27-21(24-19)25(13-14-7-3-1-4-8-14)20(26)15-9-5-2-6-10-15/h1,3-4,7-8,11-12,15H,2,5-6,9-10,13H2. The first-order chi connectivity index (χ1) is 13.1. The molecular weight excluding hydrogens is 366 g/mol. The third-order valence-corrected chi connectivity index (χ3v) is 6.06. The van der Waals surface area contributed by atoms with Crippen LogP contribution in [0.4, 0.5) is 13.9 Å². The van der Waals surface area contributed by atoms with Crippen LogP contribution in [0.2, 0.25) is 0 Å². The zero-order valence-electron chi connectivity index (χ0n) is 14.8. The van der Waals surface area contributed by atoms with Crippen LogP contribution in [0.15, 0.2) is 42.5 Å². The molecule has 2 aromatic carbocycles. The van der Waals surface area contributed by atoms with Crippen molar-refractivity contribution in [3.8, 4) is 0 Å². The van der Waals surface area contributed by atoms with Crippen molar-refractivity contribution >= 4 is 32.6 Å². The second kappa shape index (κ2) is 7.72. The van der Waals surface area contributed by atoms with Gasteiger partial charge in [0.2, 0.25) is 5.91 Å². The normalized spacial score (nSPS) is 15.2. The number of anilines is 1. The Morgan fingerprint density at radius 2 is 1.85 bits per heavy atom. The molecule has 0 atom stereocenters. The molecule has 0 unspecified atom stereocenters. The summed E-state index contributed by atoms with van der Waals surface area (Å²) in [6, 6.07) is 11.8. The number of hydrogen-bond donors (Lipinski definition) is 0. The first-order valence-electron chi connectivity index (χ1n) is 9.23. The topological polar surface area (TPSA) is 33.2 Å². The summed E-state index contributed by atoms with van der Waals surface area (Å²) in [5.41, 5.74) is 1.10. The Balaban J connectivity index is 1.72. The molecule has 1 aromatic heterocycles. The lowest BCUT2D eigenvalue weighted by Gasteiger charge is -2.27. The molecule has 1 fully saturated rings. The molecule has 1 amide bonds. The molecule has 3 nitrogen and oxygen atoms in total. The van der Waals surface area contributed by atoms with Crippen LogP contribution >= 0.6 is 11.3 Å². The highest BCUT2D eigenvalue weighted by molar-refractivity contribution is 7.22.